The van der Waals surface area contributed by atoms with E-state index < -0.39 is 17.7 Å². The Morgan fingerprint density at radius 1 is 0.935 bits per heavy atom. The number of hydrogen-bond donors (Lipinski definition) is 1. The van der Waals surface area contributed by atoms with E-state index in [4.69, 9.17) is 0 Å². The molecule has 0 aliphatic carbocycles. The zero-order chi connectivity index (χ0) is 22.0. The number of piperidine rings is 1. The Hall–Kier alpha value is -3.55. The van der Waals surface area contributed by atoms with Crippen LogP contribution >= 0.6 is 0 Å². The standard InChI is InChI=1S/C23H22FN3O4/c24-16-7-5-15(6-8-16)13-21(29)26-11-9-17(10-12-26)25-20(28)14-27-22(30)18-3-1-2-4-19(18)23(27)31/h1-8,17H,9-14H2,(H,25,28). The van der Waals surface area contributed by atoms with Gasteiger partial charge in [-0.1, -0.05) is 24.3 Å². The summed E-state index contributed by atoms with van der Waals surface area (Å²) in [6.07, 6.45) is 1.38. The van der Waals surface area contributed by atoms with Crippen molar-refractivity contribution < 1.29 is 23.6 Å². The summed E-state index contributed by atoms with van der Waals surface area (Å²) in [5.74, 6) is -1.70. The Kier molecular flexibility index (Phi) is 5.79. The predicted molar refractivity (Wildman–Crippen MR) is 110 cm³/mol. The van der Waals surface area contributed by atoms with E-state index in [9.17, 15) is 23.6 Å². The molecule has 4 rings (SSSR count). The van der Waals surface area contributed by atoms with E-state index in [-0.39, 0.29) is 30.7 Å². The fraction of sp³-hybridized carbons (Fsp3) is 0.304. The Labute approximate surface area is 178 Å². The molecule has 0 unspecified atom stereocenters. The number of nitrogens with zero attached hydrogens (tertiary/aromatic N) is 2. The molecular weight excluding hydrogens is 401 g/mol. The lowest BCUT2D eigenvalue weighted by molar-refractivity contribution is -0.131. The predicted octanol–water partition coefficient (Wildman–Crippen LogP) is 1.77. The molecule has 31 heavy (non-hydrogen) atoms. The topological polar surface area (TPSA) is 86.8 Å². The molecule has 2 aliphatic rings. The number of nitrogens with one attached hydrogen (secondary N) is 1. The number of halogens is 1. The van der Waals surface area contributed by atoms with E-state index in [0.717, 1.165) is 10.5 Å². The molecule has 8 heteroatoms. The molecule has 1 fully saturated rings. The third kappa shape index (κ3) is 4.47. The zero-order valence-electron chi connectivity index (χ0n) is 16.8. The van der Waals surface area contributed by atoms with Crippen LogP contribution in [-0.4, -0.2) is 59.1 Å². The normalized spacial score (nSPS) is 16.4. The van der Waals surface area contributed by atoms with Crippen LogP contribution < -0.4 is 5.32 Å². The third-order valence-electron chi connectivity index (χ3n) is 5.66. The van der Waals surface area contributed by atoms with Gasteiger partial charge in [-0.25, -0.2) is 4.39 Å². The molecule has 2 aromatic carbocycles. The van der Waals surface area contributed by atoms with Gasteiger partial charge in [0.1, 0.15) is 12.4 Å². The molecule has 1 N–H and O–H groups in total. The molecular formula is C23H22FN3O4. The number of carbonyl (C=O) groups excluding carboxylic acids is 4. The molecule has 0 bridgehead atoms. The summed E-state index contributed by atoms with van der Waals surface area (Å²) in [4.78, 5) is 52.3. The van der Waals surface area contributed by atoms with Crippen molar-refractivity contribution in [1.82, 2.24) is 15.1 Å². The van der Waals surface area contributed by atoms with E-state index in [1.54, 1.807) is 41.3 Å². The molecule has 2 aromatic rings. The first-order valence-electron chi connectivity index (χ1n) is 10.2. The Morgan fingerprint density at radius 3 is 2.10 bits per heavy atom. The van der Waals surface area contributed by atoms with Gasteiger partial charge in [-0.15, -0.1) is 0 Å². The molecule has 160 valence electrons. The third-order valence-corrected chi connectivity index (χ3v) is 5.66. The number of hydrogen-bond acceptors (Lipinski definition) is 4. The SMILES string of the molecule is O=C(CN1C(=O)c2ccccc2C1=O)NC1CCN(C(=O)Cc2ccc(F)cc2)CC1. The maximum absolute atomic E-state index is 13.0. The van der Waals surface area contributed by atoms with E-state index in [1.807, 2.05) is 0 Å². The molecule has 4 amide bonds. The van der Waals surface area contributed by atoms with Gasteiger partial charge in [0.25, 0.3) is 11.8 Å². The summed E-state index contributed by atoms with van der Waals surface area (Å²) in [6, 6.07) is 12.2. The molecule has 0 radical (unpaired) electrons. The molecule has 2 aliphatic heterocycles. The highest BCUT2D eigenvalue weighted by Gasteiger charge is 2.36. The lowest BCUT2D eigenvalue weighted by Crippen LogP contribution is -2.49. The highest BCUT2D eigenvalue weighted by Crippen LogP contribution is 2.22. The van der Waals surface area contributed by atoms with Crippen molar-refractivity contribution in [3.05, 3.63) is 71.0 Å². The second kappa shape index (κ2) is 8.67. The maximum Gasteiger partial charge on any atom is 0.262 e. The van der Waals surface area contributed by atoms with E-state index >= 15 is 0 Å². The average molecular weight is 423 g/mol. The Morgan fingerprint density at radius 2 is 1.52 bits per heavy atom. The van der Waals surface area contributed by atoms with Gasteiger partial charge in [0.2, 0.25) is 11.8 Å². The van der Waals surface area contributed by atoms with Crippen molar-refractivity contribution in [3.63, 3.8) is 0 Å². The number of carbonyl (C=O) groups is 4. The van der Waals surface area contributed by atoms with Crippen LogP contribution in [-0.2, 0) is 16.0 Å². The highest BCUT2D eigenvalue weighted by molar-refractivity contribution is 6.22. The van der Waals surface area contributed by atoms with Gasteiger partial charge in [-0.3, -0.25) is 24.1 Å². The molecule has 0 atom stereocenters. The van der Waals surface area contributed by atoms with Crippen molar-refractivity contribution >= 4 is 23.6 Å². The summed E-state index contributed by atoms with van der Waals surface area (Å²) in [5, 5.41) is 2.86. The first kappa shape index (κ1) is 20.7. The van der Waals surface area contributed by atoms with Crippen LogP contribution in [0.3, 0.4) is 0 Å². The highest BCUT2D eigenvalue weighted by atomic mass is 19.1. The molecule has 0 saturated carbocycles. The second-order valence-electron chi connectivity index (χ2n) is 7.77. The van der Waals surface area contributed by atoms with Crippen molar-refractivity contribution in [3.8, 4) is 0 Å². The summed E-state index contributed by atoms with van der Waals surface area (Å²) in [6.45, 7) is 0.673. The zero-order valence-corrected chi connectivity index (χ0v) is 16.8. The van der Waals surface area contributed by atoms with Crippen LogP contribution in [0.4, 0.5) is 4.39 Å². The Balaban J connectivity index is 1.25. The molecule has 1 saturated heterocycles. The smallest absolute Gasteiger partial charge is 0.262 e. The van der Waals surface area contributed by atoms with Crippen LogP contribution in [0.25, 0.3) is 0 Å². The Bertz CT molecular complexity index is 994. The van der Waals surface area contributed by atoms with Crippen LogP contribution in [0, 0.1) is 5.82 Å². The number of likely N-dealkylation sites (tertiary alicyclic amines) is 1. The van der Waals surface area contributed by atoms with E-state index in [0.29, 0.717) is 37.1 Å². The maximum atomic E-state index is 13.0. The average Bonchev–Trinajstić information content (AvgIpc) is 3.01. The summed E-state index contributed by atoms with van der Waals surface area (Å²) >= 11 is 0. The van der Waals surface area contributed by atoms with Gasteiger partial charge >= 0.3 is 0 Å². The fourth-order valence-electron chi connectivity index (χ4n) is 3.96. The number of rotatable bonds is 5. The lowest BCUT2D eigenvalue weighted by Gasteiger charge is -2.32. The first-order chi connectivity index (χ1) is 14.9. The largest absolute Gasteiger partial charge is 0.352 e. The van der Waals surface area contributed by atoms with Crippen molar-refractivity contribution in [1.29, 1.82) is 0 Å². The van der Waals surface area contributed by atoms with Gasteiger partial charge in [0.15, 0.2) is 0 Å². The van der Waals surface area contributed by atoms with Gasteiger partial charge in [-0.05, 0) is 42.7 Å². The fourth-order valence-corrected chi connectivity index (χ4v) is 3.96. The van der Waals surface area contributed by atoms with Gasteiger partial charge in [-0.2, -0.15) is 0 Å². The number of amides is 4. The molecule has 0 spiro atoms. The number of imide groups is 1. The molecule has 2 heterocycles. The monoisotopic (exact) mass is 423 g/mol. The first-order valence-corrected chi connectivity index (χ1v) is 10.2. The number of benzene rings is 2. The van der Waals surface area contributed by atoms with Crippen LogP contribution in [0.5, 0.6) is 0 Å². The minimum Gasteiger partial charge on any atom is -0.352 e. The van der Waals surface area contributed by atoms with E-state index in [2.05, 4.69) is 5.32 Å². The summed E-state index contributed by atoms with van der Waals surface area (Å²) < 4.78 is 13.0. The lowest BCUT2D eigenvalue weighted by atomic mass is 10.0. The summed E-state index contributed by atoms with van der Waals surface area (Å²) in [7, 11) is 0. The molecule has 0 aromatic heterocycles. The van der Waals surface area contributed by atoms with Crippen LogP contribution in [0.2, 0.25) is 0 Å². The second-order valence-corrected chi connectivity index (χ2v) is 7.77. The van der Waals surface area contributed by atoms with Gasteiger partial charge in [0, 0.05) is 19.1 Å². The quantitative estimate of drug-likeness (QED) is 0.743. The minimum atomic E-state index is -0.461. The van der Waals surface area contributed by atoms with Crippen LogP contribution in [0.1, 0.15) is 39.1 Å². The number of fused-ring (bicyclic) bond motifs is 1. The van der Waals surface area contributed by atoms with E-state index in [1.165, 1.54) is 12.1 Å². The van der Waals surface area contributed by atoms with Crippen molar-refractivity contribution in [2.24, 2.45) is 0 Å². The van der Waals surface area contributed by atoms with Gasteiger partial charge in [0.05, 0.1) is 17.5 Å². The van der Waals surface area contributed by atoms with Crippen molar-refractivity contribution in [2.75, 3.05) is 19.6 Å². The van der Waals surface area contributed by atoms with Crippen molar-refractivity contribution in [2.45, 2.75) is 25.3 Å². The van der Waals surface area contributed by atoms with Crippen LogP contribution in [0.15, 0.2) is 48.5 Å². The molecule has 7 nitrogen and oxygen atoms in total. The minimum absolute atomic E-state index is 0.0394. The summed E-state index contributed by atoms with van der Waals surface area (Å²) in [5.41, 5.74) is 1.38. The van der Waals surface area contributed by atoms with Gasteiger partial charge < -0.3 is 10.2 Å².